The summed E-state index contributed by atoms with van der Waals surface area (Å²) in [5.41, 5.74) is 9.72. The lowest BCUT2D eigenvalue weighted by Crippen LogP contribution is -2.63. The van der Waals surface area contributed by atoms with E-state index in [-0.39, 0.29) is 57.6 Å². The first-order valence-corrected chi connectivity index (χ1v) is 18.1. The minimum atomic E-state index is -1.52. The lowest BCUT2D eigenvalue weighted by molar-refractivity contribution is -0.288. The van der Waals surface area contributed by atoms with E-state index in [0.29, 0.717) is 29.4 Å². The number of esters is 5. The van der Waals surface area contributed by atoms with Gasteiger partial charge in [-0.2, -0.15) is 0 Å². The van der Waals surface area contributed by atoms with Crippen LogP contribution >= 0.6 is 15.9 Å². The number of carbonyl (C=O) groups is 5. The van der Waals surface area contributed by atoms with Gasteiger partial charge in [0.25, 0.3) is 0 Å². The number of carbonyl (C=O) groups excluding carboxylic acids is 5. The molecule has 1 saturated heterocycles. The number of ether oxygens (including phenoxy) is 10. The molecule has 0 spiro atoms. The Bertz CT molecular complexity index is 1650. The number of hydrogen-bond acceptors (Lipinski definition) is 16. The third kappa shape index (κ3) is 13.1. The lowest BCUT2D eigenvalue weighted by Gasteiger charge is -2.44. The van der Waals surface area contributed by atoms with Gasteiger partial charge in [0.1, 0.15) is 24.2 Å². The summed E-state index contributed by atoms with van der Waals surface area (Å²) in [6.45, 7) is 7.83. The van der Waals surface area contributed by atoms with E-state index in [0.717, 1.165) is 26.3 Å². The predicted molar refractivity (Wildman–Crippen MR) is 190 cm³/mol. The number of azide groups is 1. The van der Waals surface area contributed by atoms with Crippen LogP contribution in [0.2, 0.25) is 0 Å². The summed E-state index contributed by atoms with van der Waals surface area (Å²) in [6.07, 6.45) is -7.06. The molecule has 20 heteroatoms. The SMILES string of the molecule is CCOC(=O)c1cc2c(CBr)ccc(O[C@@H]3O[C@H](COC(C)=O)[C@H](OC(C)=O)[C@H](OC(C)=O)[C@H]3OC(C)=O)c2n1CCOCCOCCOCCN=[N+]=[N-]. The molecule has 1 aliphatic rings. The Morgan fingerprint density at radius 1 is 0.833 bits per heavy atom. The fourth-order valence-electron chi connectivity index (χ4n) is 5.48. The van der Waals surface area contributed by atoms with Crippen molar-refractivity contribution in [1.82, 2.24) is 4.57 Å². The van der Waals surface area contributed by atoms with Crippen molar-refractivity contribution < 1.29 is 71.3 Å². The maximum Gasteiger partial charge on any atom is 0.354 e. The van der Waals surface area contributed by atoms with Gasteiger partial charge in [0.05, 0.1) is 51.8 Å². The summed E-state index contributed by atoms with van der Waals surface area (Å²) < 4.78 is 58.0. The zero-order chi connectivity index (χ0) is 39.6. The summed E-state index contributed by atoms with van der Waals surface area (Å²) >= 11 is 3.50. The van der Waals surface area contributed by atoms with Crippen LogP contribution in [0.3, 0.4) is 0 Å². The monoisotopic (exact) mass is 828 g/mol. The Balaban J connectivity index is 1.98. The van der Waals surface area contributed by atoms with E-state index in [9.17, 15) is 24.0 Å². The zero-order valence-corrected chi connectivity index (χ0v) is 32.3. The van der Waals surface area contributed by atoms with Crippen molar-refractivity contribution in [2.45, 2.75) is 77.2 Å². The van der Waals surface area contributed by atoms with Gasteiger partial charge >= 0.3 is 29.8 Å². The third-order valence-electron chi connectivity index (χ3n) is 7.53. The van der Waals surface area contributed by atoms with E-state index >= 15 is 0 Å². The van der Waals surface area contributed by atoms with Crippen LogP contribution in [0.1, 0.15) is 50.7 Å². The lowest BCUT2D eigenvalue weighted by atomic mass is 9.98. The van der Waals surface area contributed by atoms with Gasteiger partial charge in [-0.3, -0.25) is 19.2 Å². The molecule has 0 amide bonds. The second kappa shape index (κ2) is 22.7. The minimum absolute atomic E-state index is 0.114. The van der Waals surface area contributed by atoms with Crippen LogP contribution in [0.15, 0.2) is 23.3 Å². The van der Waals surface area contributed by atoms with Gasteiger partial charge in [0.15, 0.2) is 12.2 Å². The normalized spacial score (nSPS) is 19.3. The number of fused-ring (bicyclic) bond motifs is 1. The molecule has 0 radical (unpaired) electrons. The van der Waals surface area contributed by atoms with Crippen LogP contribution in [0.5, 0.6) is 5.75 Å². The van der Waals surface area contributed by atoms with Crippen molar-refractivity contribution in [2.75, 3.05) is 59.4 Å². The molecule has 1 fully saturated rings. The molecule has 0 N–H and O–H groups in total. The van der Waals surface area contributed by atoms with Gasteiger partial charge in [-0.15, -0.1) is 0 Å². The molecule has 3 rings (SSSR count). The number of rotatable bonds is 22. The van der Waals surface area contributed by atoms with E-state index < -0.39 is 67.2 Å². The van der Waals surface area contributed by atoms with Gasteiger partial charge in [0, 0.05) is 56.4 Å². The van der Waals surface area contributed by atoms with Crippen molar-refractivity contribution in [3.8, 4) is 5.75 Å². The topological polar surface area (TPSA) is 231 Å². The molecule has 0 unspecified atom stereocenters. The standard InChI is InChI=1S/C34H45BrN4O15/c1-6-48-33(44)26-17-25-24(18-35)7-8-27(29(25)39(26)10-12-46-14-16-47-15-13-45-11-9-37-38-36)53-34-32(52-23(5)43)31(51-22(4)42)30(50-21(3)41)28(54-34)19-49-20(2)40/h7-8,17,28,30-32,34H,6,9-16,18-19H2,1-5H3/t28-,30+,31+,32-,34-/m1/s1. The van der Waals surface area contributed by atoms with E-state index in [4.69, 9.17) is 52.9 Å². The van der Waals surface area contributed by atoms with E-state index in [1.54, 1.807) is 29.7 Å². The number of aromatic nitrogens is 1. The second-order valence-electron chi connectivity index (χ2n) is 11.5. The van der Waals surface area contributed by atoms with Crippen LogP contribution in [0.4, 0.5) is 0 Å². The highest BCUT2D eigenvalue weighted by Crippen LogP contribution is 2.37. The van der Waals surface area contributed by atoms with Crippen LogP contribution in [0.25, 0.3) is 21.3 Å². The molecule has 1 aromatic carbocycles. The molecular formula is C34H45BrN4O15. The molecule has 0 bridgehead atoms. The zero-order valence-electron chi connectivity index (χ0n) is 30.7. The molecule has 0 aliphatic carbocycles. The molecule has 1 aliphatic heterocycles. The predicted octanol–water partition coefficient (Wildman–Crippen LogP) is 3.53. The van der Waals surface area contributed by atoms with Crippen LogP contribution in [-0.2, 0) is 73.7 Å². The Morgan fingerprint density at radius 3 is 2.04 bits per heavy atom. The Hall–Kier alpha value is -4.46. The molecule has 5 atom stereocenters. The molecule has 1 aromatic heterocycles. The molecule has 0 saturated carbocycles. The average molecular weight is 830 g/mol. The molecule has 54 heavy (non-hydrogen) atoms. The average Bonchev–Trinajstić information content (AvgIpc) is 3.50. The van der Waals surface area contributed by atoms with Crippen LogP contribution < -0.4 is 4.74 Å². The summed E-state index contributed by atoms with van der Waals surface area (Å²) in [7, 11) is 0. The van der Waals surface area contributed by atoms with Crippen molar-refractivity contribution in [3.05, 3.63) is 39.9 Å². The maximum atomic E-state index is 13.3. The largest absolute Gasteiger partial charge is 0.463 e. The first-order valence-electron chi connectivity index (χ1n) is 17.0. The van der Waals surface area contributed by atoms with Crippen molar-refractivity contribution in [3.63, 3.8) is 0 Å². The van der Waals surface area contributed by atoms with Gasteiger partial charge in [-0.1, -0.05) is 27.1 Å². The maximum absolute atomic E-state index is 13.3. The number of alkyl halides is 1. The number of halogens is 1. The van der Waals surface area contributed by atoms with Gasteiger partial charge in [-0.05, 0) is 30.2 Å². The Morgan fingerprint density at radius 2 is 1.44 bits per heavy atom. The smallest absolute Gasteiger partial charge is 0.354 e. The van der Waals surface area contributed by atoms with Gasteiger partial charge < -0.3 is 51.9 Å². The Labute approximate surface area is 319 Å². The molecular weight excluding hydrogens is 784 g/mol. The molecule has 298 valence electrons. The summed E-state index contributed by atoms with van der Waals surface area (Å²) in [5, 5.41) is 4.40. The molecule has 2 aromatic rings. The van der Waals surface area contributed by atoms with Crippen molar-refractivity contribution >= 4 is 56.7 Å². The number of hydrogen-bond donors (Lipinski definition) is 0. The van der Waals surface area contributed by atoms with Crippen LogP contribution in [-0.4, -0.2) is 125 Å². The fraction of sp³-hybridized carbons (Fsp3) is 0.618. The van der Waals surface area contributed by atoms with E-state index in [1.807, 2.05) is 0 Å². The van der Waals surface area contributed by atoms with Crippen molar-refractivity contribution in [2.24, 2.45) is 5.11 Å². The van der Waals surface area contributed by atoms with E-state index in [1.165, 1.54) is 6.92 Å². The Kier molecular flexibility index (Phi) is 18.5. The fourth-order valence-corrected chi connectivity index (χ4v) is 5.97. The quantitative estimate of drug-likeness (QED) is 0.0314. The summed E-state index contributed by atoms with van der Waals surface area (Å²) in [6, 6.07) is 5.04. The van der Waals surface area contributed by atoms with Gasteiger partial charge in [0.2, 0.25) is 12.4 Å². The first-order chi connectivity index (χ1) is 25.9. The highest BCUT2D eigenvalue weighted by Gasteiger charge is 2.53. The number of benzene rings is 1. The van der Waals surface area contributed by atoms with Crippen LogP contribution in [0, 0.1) is 0 Å². The van der Waals surface area contributed by atoms with Crippen molar-refractivity contribution in [1.29, 1.82) is 0 Å². The highest BCUT2D eigenvalue weighted by molar-refractivity contribution is 9.08. The minimum Gasteiger partial charge on any atom is -0.463 e. The number of nitrogens with zero attached hydrogens (tertiary/aromatic N) is 4. The third-order valence-corrected chi connectivity index (χ3v) is 8.14. The molecule has 2 heterocycles. The second-order valence-corrected chi connectivity index (χ2v) is 12.1. The molecule has 19 nitrogen and oxygen atoms in total. The van der Waals surface area contributed by atoms with Gasteiger partial charge in [-0.25, -0.2) is 4.79 Å². The highest BCUT2D eigenvalue weighted by atomic mass is 79.9. The summed E-state index contributed by atoms with van der Waals surface area (Å²) in [5.74, 6) is -3.46. The summed E-state index contributed by atoms with van der Waals surface area (Å²) in [4.78, 5) is 64.6. The van der Waals surface area contributed by atoms with E-state index in [2.05, 4.69) is 26.0 Å². The first kappa shape index (κ1) is 43.9.